The van der Waals surface area contributed by atoms with Gasteiger partial charge in [0.25, 0.3) is 5.91 Å². The first-order chi connectivity index (χ1) is 16.3. The minimum Gasteiger partial charge on any atom is -0.462 e. The number of amides is 1. The van der Waals surface area contributed by atoms with Crippen molar-refractivity contribution in [1.82, 2.24) is 0 Å². The number of hydrogen-bond acceptors (Lipinski definition) is 8. The average Bonchev–Trinajstić information content (AvgIpc) is 3.16. The number of anilines is 2. The van der Waals surface area contributed by atoms with E-state index in [1.165, 1.54) is 11.3 Å². The molecular formula is C24H25ClN4O4S. The minimum atomic E-state index is -0.636. The third-order valence-electron chi connectivity index (χ3n) is 4.86. The van der Waals surface area contributed by atoms with E-state index < -0.39 is 11.9 Å². The van der Waals surface area contributed by atoms with Gasteiger partial charge >= 0.3 is 5.97 Å². The Labute approximate surface area is 206 Å². The fourth-order valence-electron chi connectivity index (χ4n) is 3.15. The van der Waals surface area contributed by atoms with Crippen LogP contribution in [0.4, 0.5) is 22.1 Å². The second-order valence-electron chi connectivity index (χ2n) is 7.26. The smallest absolute Gasteiger partial charge is 0.342 e. The van der Waals surface area contributed by atoms with Crippen molar-refractivity contribution in [3.63, 3.8) is 0 Å². The van der Waals surface area contributed by atoms with Gasteiger partial charge in [0.05, 0.1) is 24.5 Å². The molecule has 0 spiro atoms. The Morgan fingerprint density at radius 2 is 1.76 bits per heavy atom. The molecule has 1 heterocycles. The molecule has 2 N–H and O–H groups in total. The number of carbonyl (C=O) groups is 2. The quantitative estimate of drug-likeness (QED) is 0.277. The molecule has 0 aliphatic heterocycles. The van der Waals surface area contributed by atoms with Gasteiger partial charge < -0.3 is 20.1 Å². The van der Waals surface area contributed by atoms with E-state index in [0.717, 1.165) is 5.69 Å². The Kier molecular flexibility index (Phi) is 8.75. The number of nitrogens with one attached hydrogen (secondary N) is 1. The van der Waals surface area contributed by atoms with Gasteiger partial charge in [-0.3, -0.25) is 4.79 Å². The molecule has 2 aromatic carbocycles. The number of likely N-dealkylation sites (N-methyl/N-ethyl adjacent to an activating group) is 1. The highest BCUT2D eigenvalue weighted by molar-refractivity contribution is 7.16. The molecule has 10 heteroatoms. The summed E-state index contributed by atoms with van der Waals surface area (Å²) in [7, 11) is 1.88. The van der Waals surface area contributed by atoms with Crippen molar-refractivity contribution in [3.05, 3.63) is 69.6 Å². The number of esters is 1. The van der Waals surface area contributed by atoms with Crippen LogP contribution in [-0.2, 0) is 4.74 Å². The lowest BCUT2D eigenvalue weighted by Gasteiger charge is -2.17. The Bertz CT molecular complexity index is 1180. The van der Waals surface area contributed by atoms with Gasteiger partial charge in [0.2, 0.25) is 0 Å². The molecule has 3 aromatic rings. The van der Waals surface area contributed by atoms with E-state index in [1.807, 2.05) is 24.1 Å². The molecule has 1 amide bonds. The van der Waals surface area contributed by atoms with Crippen LogP contribution in [-0.4, -0.2) is 43.8 Å². The van der Waals surface area contributed by atoms with Gasteiger partial charge in [-0.1, -0.05) is 11.6 Å². The van der Waals surface area contributed by atoms with E-state index in [2.05, 4.69) is 15.5 Å². The van der Waals surface area contributed by atoms with Gasteiger partial charge in [0.15, 0.2) is 5.00 Å². The molecule has 1 aromatic heterocycles. The number of ether oxygens (including phenoxy) is 1. The zero-order valence-electron chi connectivity index (χ0n) is 19.0. The zero-order valence-corrected chi connectivity index (χ0v) is 20.6. The van der Waals surface area contributed by atoms with Crippen molar-refractivity contribution in [2.45, 2.75) is 13.8 Å². The van der Waals surface area contributed by atoms with Gasteiger partial charge in [-0.05, 0) is 62.4 Å². The summed E-state index contributed by atoms with van der Waals surface area (Å²) in [6, 6.07) is 14.0. The van der Waals surface area contributed by atoms with Crippen LogP contribution in [0, 0.1) is 6.92 Å². The van der Waals surface area contributed by atoms with Crippen molar-refractivity contribution in [3.8, 4) is 0 Å². The topological polar surface area (TPSA) is 104 Å². The summed E-state index contributed by atoms with van der Waals surface area (Å²) < 4.78 is 5.20. The average molecular weight is 501 g/mol. The van der Waals surface area contributed by atoms with Crippen molar-refractivity contribution in [2.75, 3.05) is 37.0 Å². The number of nitrogens with zero attached hydrogens (tertiary/aromatic N) is 3. The number of aryl methyl sites for hydroxylation is 1. The standard InChI is InChI=1S/C24H25ClN4O4S/c1-4-33-24(32)21-20(22(31)26-17-7-5-16(25)6-8-17)15(2)34-23(21)28-27-18-9-11-19(12-10-18)29(3)13-14-30/h5-12,30H,4,13-14H2,1-3H3,(H,26,31). The molecule has 0 saturated heterocycles. The molecule has 0 bridgehead atoms. The van der Waals surface area contributed by atoms with E-state index >= 15 is 0 Å². The molecular weight excluding hydrogens is 476 g/mol. The number of hydrogen-bond donors (Lipinski definition) is 2. The largest absolute Gasteiger partial charge is 0.462 e. The number of carbonyl (C=O) groups excluding carboxylic acids is 2. The third kappa shape index (κ3) is 6.19. The molecule has 0 saturated carbocycles. The molecule has 0 radical (unpaired) electrons. The summed E-state index contributed by atoms with van der Waals surface area (Å²) in [5.41, 5.74) is 2.33. The van der Waals surface area contributed by atoms with Crippen molar-refractivity contribution < 1.29 is 19.4 Å². The maximum Gasteiger partial charge on any atom is 0.342 e. The summed E-state index contributed by atoms with van der Waals surface area (Å²) in [6.45, 7) is 4.17. The lowest BCUT2D eigenvalue weighted by Crippen LogP contribution is -2.20. The second kappa shape index (κ2) is 11.7. The highest BCUT2D eigenvalue weighted by Crippen LogP contribution is 2.37. The number of thiophene rings is 1. The predicted octanol–water partition coefficient (Wildman–Crippen LogP) is 5.98. The van der Waals surface area contributed by atoms with Crippen molar-refractivity contribution in [2.24, 2.45) is 10.2 Å². The number of halogens is 1. The van der Waals surface area contributed by atoms with Crippen LogP contribution in [0.2, 0.25) is 5.02 Å². The summed E-state index contributed by atoms with van der Waals surface area (Å²) in [6.07, 6.45) is 0. The first kappa shape index (κ1) is 25.4. The lowest BCUT2D eigenvalue weighted by atomic mass is 10.1. The third-order valence-corrected chi connectivity index (χ3v) is 6.10. The van der Waals surface area contributed by atoms with E-state index in [0.29, 0.717) is 32.8 Å². The molecule has 0 aliphatic rings. The first-order valence-corrected chi connectivity index (χ1v) is 11.7. The monoisotopic (exact) mass is 500 g/mol. The van der Waals surface area contributed by atoms with Crippen LogP contribution < -0.4 is 10.2 Å². The van der Waals surface area contributed by atoms with Crippen LogP contribution in [0.1, 0.15) is 32.5 Å². The van der Waals surface area contributed by atoms with E-state index in [1.54, 1.807) is 50.2 Å². The van der Waals surface area contributed by atoms with Crippen molar-refractivity contribution >= 4 is 56.9 Å². The summed E-state index contributed by atoms with van der Waals surface area (Å²) in [5.74, 6) is -1.08. The number of azo groups is 1. The highest BCUT2D eigenvalue weighted by Gasteiger charge is 2.28. The van der Waals surface area contributed by atoms with E-state index in [-0.39, 0.29) is 24.3 Å². The van der Waals surface area contributed by atoms with Crippen LogP contribution in [0.25, 0.3) is 0 Å². The van der Waals surface area contributed by atoms with Gasteiger partial charge in [-0.15, -0.1) is 21.6 Å². The number of aliphatic hydroxyl groups excluding tert-OH is 1. The van der Waals surface area contributed by atoms with Crippen LogP contribution in [0.5, 0.6) is 0 Å². The van der Waals surface area contributed by atoms with Crippen LogP contribution in [0.15, 0.2) is 58.8 Å². The van der Waals surface area contributed by atoms with Crippen molar-refractivity contribution in [1.29, 1.82) is 0 Å². The molecule has 0 aliphatic carbocycles. The molecule has 0 unspecified atom stereocenters. The Balaban J connectivity index is 1.90. The number of rotatable bonds is 9. The SMILES string of the molecule is CCOC(=O)c1c(N=Nc2ccc(N(C)CCO)cc2)sc(C)c1C(=O)Nc1ccc(Cl)cc1. The van der Waals surface area contributed by atoms with Gasteiger partial charge in [-0.2, -0.15) is 0 Å². The fourth-order valence-corrected chi connectivity index (χ4v) is 4.23. The highest BCUT2D eigenvalue weighted by atomic mass is 35.5. The summed E-state index contributed by atoms with van der Waals surface area (Å²) >= 11 is 7.10. The Morgan fingerprint density at radius 1 is 1.09 bits per heavy atom. The van der Waals surface area contributed by atoms with Gasteiger partial charge in [-0.25, -0.2) is 4.79 Å². The van der Waals surface area contributed by atoms with Gasteiger partial charge in [0.1, 0.15) is 5.56 Å². The molecule has 34 heavy (non-hydrogen) atoms. The van der Waals surface area contributed by atoms with E-state index in [4.69, 9.17) is 21.4 Å². The maximum absolute atomic E-state index is 13.1. The lowest BCUT2D eigenvalue weighted by molar-refractivity contribution is 0.0525. The number of aliphatic hydroxyl groups is 1. The molecule has 8 nitrogen and oxygen atoms in total. The Hall–Kier alpha value is -3.27. The zero-order chi connectivity index (χ0) is 24.7. The summed E-state index contributed by atoms with van der Waals surface area (Å²) in [5, 5.41) is 21.2. The maximum atomic E-state index is 13.1. The van der Waals surface area contributed by atoms with E-state index in [9.17, 15) is 9.59 Å². The number of benzene rings is 2. The van der Waals surface area contributed by atoms with Crippen LogP contribution in [0.3, 0.4) is 0 Å². The second-order valence-corrected chi connectivity index (χ2v) is 8.90. The Morgan fingerprint density at radius 3 is 2.38 bits per heavy atom. The molecule has 0 atom stereocenters. The predicted molar refractivity (Wildman–Crippen MR) is 135 cm³/mol. The fraction of sp³-hybridized carbons (Fsp3) is 0.250. The molecule has 178 valence electrons. The minimum absolute atomic E-state index is 0.0558. The molecule has 0 fully saturated rings. The van der Waals surface area contributed by atoms with Crippen LogP contribution >= 0.6 is 22.9 Å². The normalized spacial score (nSPS) is 11.0. The summed E-state index contributed by atoms with van der Waals surface area (Å²) in [4.78, 5) is 28.3. The van der Waals surface area contributed by atoms with Gasteiger partial charge in [0, 0.05) is 34.9 Å². The molecule has 3 rings (SSSR count). The first-order valence-electron chi connectivity index (χ1n) is 10.5.